The van der Waals surface area contributed by atoms with Gasteiger partial charge in [-0.15, -0.1) is 0 Å². The van der Waals surface area contributed by atoms with Crippen molar-refractivity contribution in [3.05, 3.63) is 95.1 Å². The first-order chi connectivity index (χ1) is 12.5. The van der Waals surface area contributed by atoms with E-state index in [-0.39, 0.29) is 5.52 Å². The summed E-state index contributed by atoms with van der Waals surface area (Å²) in [6, 6.07) is 23.5. The van der Waals surface area contributed by atoms with Gasteiger partial charge in [-0.25, -0.2) is 0 Å². The summed E-state index contributed by atoms with van der Waals surface area (Å²) in [4.78, 5) is 13.2. The van der Waals surface area contributed by atoms with Crippen LogP contribution >= 0.6 is 15.1 Å². The number of aryl methyl sites for hydroxylation is 3. The third-order valence-electron chi connectivity index (χ3n) is 4.33. The number of carbonyl (C=O) groups excluding carboxylic acids is 1. The smallest absolute Gasteiger partial charge is 0.223 e. The maximum absolute atomic E-state index is 13.5. The average molecular weight is 380 g/mol. The van der Waals surface area contributed by atoms with Crippen LogP contribution in [0.15, 0.2) is 72.8 Å². The highest BCUT2D eigenvalue weighted by molar-refractivity contribution is 8.37. The molecule has 1 unspecified atom stereocenters. The van der Waals surface area contributed by atoms with E-state index in [1.165, 1.54) is 0 Å². The molecular formula is C22H22O2P2. The summed E-state index contributed by atoms with van der Waals surface area (Å²) in [5.74, 6) is 0. The molecule has 0 aliphatic rings. The van der Waals surface area contributed by atoms with Gasteiger partial charge < -0.3 is 4.57 Å². The summed E-state index contributed by atoms with van der Waals surface area (Å²) in [5, 5.41) is 1.96. The fourth-order valence-electron chi connectivity index (χ4n) is 3.28. The lowest BCUT2D eigenvalue weighted by molar-refractivity contribution is 0.108. The van der Waals surface area contributed by atoms with Crippen LogP contribution in [0.4, 0.5) is 0 Å². The first-order valence-corrected chi connectivity index (χ1v) is 12.1. The summed E-state index contributed by atoms with van der Waals surface area (Å²) >= 11 is 0. The van der Waals surface area contributed by atoms with E-state index in [4.69, 9.17) is 0 Å². The second kappa shape index (κ2) is 8.12. The maximum atomic E-state index is 13.5. The van der Waals surface area contributed by atoms with Crippen LogP contribution in [0.3, 0.4) is 0 Å². The number of benzene rings is 3. The molecule has 0 saturated carbocycles. The van der Waals surface area contributed by atoms with Gasteiger partial charge in [0.2, 0.25) is 5.52 Å². The van der Waals surface area contributed by atoms with Gasteiger partial charge in [-0.05, 0) is 42.5 Å². The number of rotatable bonds is 5. The Morgan fingerprint density at radius 3 is 1.62 bits per heavy atom. The lowest BCUT2D eigenvalue weighted by Crippen LogP contribution is -2.11. The number of hydrogen-bond acceptors (Lipinski definition) is 2. The van der Waals surface area contributed by atoms with Crippen molar-refractivity contribution >= 4 is 31.2 Å². The summed E-state index contributed by atoms with van der Waals surface area (Å²) in [6.45, 7) is 5.86. The molecule has 0 saturated heterocycles. The molecule has 3 aromatic rings. The molecule has 0 aliphatic heterocycles. The van der Waals surface area contributed by atoms with Crippen LogP contribution in [-0.2, 0) is 4.57 Å². The predicted molar refractivity (Wildman–Crippen MR) is 113 cm³/mol. The number of carbonyl (C=O) groups is 1. The predicted octanol–water partition coefficient (Wildman–Crippen LogP) is 5.36. The SMILES string of the molecule is Cc1cc(C)c(C(=O)[PH](=O)P(c2ccccc2)c2ccccc2)c(C)c1. The molecule has 3 rings (SSSR count). The lowest BCUT2D eigenvalue weighted by atomic mass is 10.0. The fourth-order valence-corrected chi connectivity index (χ4v) is 9.05. The quantitative estimate of drug-likeness (QED) is 0.559. The molecule has 2 nitrogen and oxygen atoms in total. The second-order valence-corrected chi connectivity index (χ2v) is 11.7. The van der Waals surface area contributed by atoms with Crippen LogP contribution in [0.1, 0.15) is 27.0 Å². The summed E-state index contributed by atoms with van der Waals surface area (Å²) in [5.41, 5.74) is 3.34. The summed E-state index contributed by atoms with van der Waals surface area (Å²) in [7, 11) is -3.75. The molecule has 3 aromatic carbocycles. The molecule has 0 bridgehead atoms. The molecule has 0 spiro atoms. The van der Waals surface area contributed by atoms with Crippen molar-refractivity contribution in [2.75, 3.05) is 0 Å². The Balaban J connectivity index is 2.08. The standard InChI is InChI=1S/C22H22O2P2/c1-16-14-17(2)21(18(3)15-16)22(23)26(24)25(19-10-6-4-7-11-19)20-12-8-5-9-13-20/h4-15,26H,1-3H3. The van der Waals surface area contributed by atoms with Gasteiger partial charge in [0.15, 0.2) is 7.49 Å². The zero-order valence-electron chi connectivity index (χ0n) is 15.2. The molecule has 0 aliphatic carbocycles. The Kier molecular flexibility index (Phi) is 5.87. The van der Waals surface area contributed by atoms with E-state index >= 15 is 0 Å². The molecule has 0 N–H and O–H groups in total. The van der Waals surface area contributed by atoms with Crippen LogP contribution in [-0.4, -0.2) is 5.52 Å². The molecule has 0 radical (unpaired) electrons. The highest BCUT2D eigenvalue weighted by atomic mass is 32.1. The number of hydrogen-bond donors (Lipinski definition) is 0. The first kappa shape index (κ1) is 18.8. The largest absolute Gasteiger partial charge is 0.313 e. The average Bonchev–Trinajstić information content (AvgIpc) is 2.62. The molecule has 0 fully saturated rings. The minimum Gasteiger partial charge on any atom is -0.313 e. The maximum Gasteiger partial charge on any atom is 0.223 e. The molecule has 26 heavy (non-hydrogen) atoms. The van der Waals surface area contributed by atoms with Gasteiger partial charge in [0, 0.05) is 13.2 Å². The zero-order valence-corrected chi connectivity index (χ0v) is 17.1. The highest BCUT2D eigenvalue weighted by Crippen LogP contribution is 2.60. The Labute approximate surface area is 156 Å². The van der Waals surface area contributed by atoms with Crippen molar-refractivity contribution in [2.24, 2.45) is 0 Å². The van der Waals surface area contributed by atoms with Gasteiger partial charge in [0.1, 0.15) is 0 Å². The van der Waals surface area contributed by atoms with E-state index in [1.54, 1.807) is 0 Å². The third-order valence-corrected chi connectivity index (χ3v) is 10.4. The minimum atomic E-state index is -2.54. The molecule has 132 valence electrons. The van der Waals surface area contributed by atoms with Gasteiger partial charge in [-0.1, -0.05) is 78.4 Å². The van der Waals surface area contributed by atoms with Crippen LogP contribution < -0.4 is 10.6 Å². The van der Waals surface area contributed by atoms with Crippen molar-refractivity contribution in [1.82, 2.24) is 0 Å². The van der Waals surface area contributed by atoms with Gasteiger partial charge in [0.05, 0.1) is 0 Å². The Morgan fingerprint density at radius 2 is 1.19 bits per heavy atom. The van der Waals surface area contributed by atoms with Crippen molar-refractivity contribution in [1.29, 1.82) is 0 Å². The van der Waals surface area contributed by atoms with Crippen LogP contribution in [0, 0.1) is 20.8 Å². The summed E-state index contributed by atoms with van der Waals surface area (Å²) in [6.07, 6.45) is 0. The van der Waals surface area contributed by atoms with Crippen LogP contribution in [0.25, 0.3) is 0 Å². The molecule has 0 heterocycles. The zero-order chi connectivity index (χ0) is 18.7. The van der Waals surface area contributed by atoms with E-state index in [0.29, 0.717) is 5.56 Å². The van der Waals surface area contributed by atoms with E-state index in [0.717, 1.165) is 27.3 Å². The van der Waals surface area contributed by atoms with Gasteiger partial charge in [-0.2, -0.15) is 0 Å². The van der Waals surface area contributed by atoms with Gasteiger partial charge in [0.25, 0.3) is 0 Å². The lowest BCUT2D eigenvalue weighted by Gasteiger charge is -2.19. The van der Waals surface area contributed by atoms with E-state index in [9.17, 15) is 9.36 Å². The van der Waals surface area contributed by atoms with E-state index in [1.807, 2.05) is 93.6 Å². The normalized spacial score (nSPS) is 12.2. The van der Waals surface area contributed by atoms with Crippen molar-refractivity contribution in [2.45, 2.75) is 20.8 Å². The molecular weight excluding hydrogens is 358 g/mol. The van der Waals surface area contributed by atoms with Gasteiger partial charge >= 0.3 is 0 Å². The van der Waals surface area contributed by atoms with E-state index < -0.39 is 15.1 Å². The summed E-state index contributed by atoms with van der Waals surface area (Å²) < 4.78 is 13.5. The Bertz CT molecular complexity index is 888. The molecule has 0 amide bonds. The first-order valence-electron chi connectivity index (χ1n) is 8.56. The Hall–Kier alpha value is -2.01. The molecule has 4 heteroatoms. The van der Waals surface area contributed by atoms with E-state index in [2.05, 4.69) is 0 Å². The van der Waals surface area contributed by atoms with Crippen LogP contribution in [0.5, 0.6) is 0 Å². The van der Waals surface area contributed by atoms with Gasteiger partial charge in [-0.3, -0.25) is 4.79 Å². The van der Waals surface area contributed by atoms with Crippen molar-refractivity contribution in [3.8, 4) is 0 Å². The third kappa shape index (κ3) is 3.88. The second-order valence-electron chi connectivity index (χ2n) is 6.41. The fraction of sp³-hybridized carbons (Fsp3) is 0.136. The molecule has 0 aromatic heterocycles. The Morgan fingerprint density at radius 1 is 0.769 bits per heavy atom. The minimum absolute atomic E-state index is 0.205. The highest BCUT2D eigenvalue weighted by Gasteiger charge is 2.28. The monoisotopic (exact) mass is 380 g/mol. The molecule has 1 atom stereocenters. The van der Waals surface area contributed by atoms with Crippen molar-refractivity contribution in [3.63, 3.8) is 0 Å². The van der Waals surface area contributed by atoms with Crippen molar-refractivity contribution < 1.29 is 9.36 Å². The topological polar surface area (TPSA) is 34.1 Å². The van der Waals surface area contributed by atoms with Crippen LogP contribution in [0.2, 0.25) is 0 Å².